The molecule has 0 aromatic heterocycles. The van der Waals surface area contributed by atoms with E-state index in [1.165, 1.54) is 19.3 Å². The second kappa shape index (κ2) is 6.59. The third-order valence-corrected chi connectivity index (χ3v) is 2.20. The summed E-state index contributed by atoms with van der Waals surface area (Å²) in [4.78, 5) is 2.09. The Bertz CT molecular complexity index is 104. The lowest BCUT2D eigenvalue weighted by Gasteiger charge is -2.23. The predicted octanol–water partition coefficient (Wildman–Crippen LogP) is 2.72. The van der Waals surface area contributed by atoms with Gasteiger partial charge in [-0.15, -0.1) is 0 Å². The quantitative estimate of drug-likeness (QED) is 0.448. The van der Waals surface area contributed by atoms with Crippen molar-refractivity contribution in [3.05, 3.63) is 0 Å². The van der Waals surface area contributed by atoms with Crippen molar-refractivity contribution in [1.29, 1.82) is 0 Å². The van der Waals surface area contributed by atoms with E-state index in [4.69, 9.17) is 12.2 Å². The second-order valence-electron chi connectivity index (χ2n) is 2.87. The highest BCUT2D eigenvalue weighted by atomic mass is 32.1. The predicted molar refractivity (Wildman–Crippen MR) is 54.0 cm³/mol. The van der Waals surface area contributed by atoms with Crippen LogP contribution in [0.3, 0.4) is 0 Å². The van der Waals surface area contributed by atoms with Crippen LogP contribution in [0.4, 0.5) is 0 Å². The highest BCUT2D eigenvalue weighted by Crippen LogP contribution is 2.05. The highest BCUT2D eigenvalue weighted by Gasteiger charge is 2.06. The fourth-order valence-electron chi connectivity index (χ4n) is 1.12. The van der Waals surface area contributed by atoms with Crippen LogP contribution in [0.1, 0.15) is 40.0 Å². The molecule has 0 aliphatic carbocycles. The zero-order chi connectivity index (χ0) is 8.69. The van der Waals surface area contributed by atoms with Gasteiger partial charge in [0.1, 0.15) is 5.49 Å². The Balaban J connectivity index is 3.59. The SMILES string of the molecule is CCCCC(C)N([C]=S)CC. The van der Waals surface area contributed by atoms with Crippen LogP contribution in [0.15, 0.2) is 0 Å². The Morgan fingerprint density at radius 1 is 1.45 bits per heavy atom. The van der Waals surface area contributed by atoms with Gasteiger partial charge in [-0.05, 0) is 20.3 Å². The molecule has 0 rings (SSSR count). The first-order valence-electron chi connectivity index (χ1n) is 4.40. The van der Waals surface area contributed by atoms with E-state index in [1.54, 1.807) is 0 Å². The number of hydrogen-bond acceptors (Lipinski definition) is 1. The van der Waals surface area contributed by atoms with Crippen molar-refractivity contribution in [1.82, 2.24) is 4.90 Å². The van der Waals surface area contributed by atoms with Crippen LogP contribution in [-0.2, 0) is 0 Å². The number of thiocarbonyl (C=S) groups is 1. The summed E-state index contributed by atoms with van der Waals surface area (Å²) in [6.45, 7) is 7.51. The Kier molecular flexibility index (Phi) is 6.52. The number of hydrogen-bond donors (Lipinski definition) is 0. The minimum absolute atomic E-state index is 0.567. The Morgan fingerprint density at radius 2 is 2.09 bits per heavy atom. The topological polar surface area (TPSA) is 3.24 Å². The zero-order valence-corrected chi connectivity index (χ0v) is 8.58. The van der Waals surface area contributed by atoms with Gasteiger partial charge in [-0.25, -0.2) is 0 Å². The standard InChI is InChI=1S/C9H18NS/c1-4-6-7-9(3)10(5-2)8-11/h9H,4-7H2,1-3H3. The molecule has 0 heterocycles. The molecule has 1 nitrogen and oxygen atoms in total. The maximum Gasteiger partial charge on any atom is 0.137 e. The van der Waals surface area contributed by atoms with Crippen molar-refractivity contribution in [2.45, 2.75) is 46.1 Å². The summed E-state index contributed by atoms with van der Waals surface area (Å²) < 4.78 is 0. The van der Waals surface area contributed by atoms with E-state index in [0.717, 1.165) is 6.54 Å². The number of nitrogens with zero attached hydrogens (tertiary/aromatic N) is 1. The van der Waals surface area contributed by atoms with E-state index in [-0.39, 0.29) is 0 Å². The van der Waals surface area contributed by atoms with Crippen LogP contribution in [0.25, 0.3) is 0 Å². The maximum atomic E-state index is 4.78. The molecule has 0 saturated heterocycles. The average molecular weight is 172 g/mol. The average Bonchev–Trinajstić information content (AvgIpc) is 2.03. The molecule has 11 heavy (non-hydrogen) atoms. The third-order valence-electron chi connectivity index (χ3n) is 1.97. The lowest BCUT2D eigenvalue weighted by atomic mass is 10.1. The highest BCUT2D eigenvalue weighted by molar-refractivity contribution is 7.78. The van der Waals surface area contributed by atoms with E-state index >= 15 is 0 Å². The maximum absolute atomic E-state index is 4.78. The zero-order valence-electron chi connectivity index (χ0n) is 7.76. The van der Waals surface area contributed by atoms with Crippen molar-refractivity contribution in [3.63, 3.8) is 0 Å². The molecular formula is C9H18NS. The monoisotopic (exact) mass is 172 g/mol. The van der Waals surface area contributed by atoms with Gasteiger partial charge >= 0.3 is 0 Å². The summed E-state index contributed by atoms with van der Waals surface area (Å²) >= 11 is 4.78. The van der Waals surface area contributed by atoms with E-state index in [2.05, 4.69) is 31.2 Å². The second-order valence-corrected chi connectivity index (χ2v) is 3.05. The van der Waals surface area contributed by atoms with Gasteiger partial charge in [0.25, 0.3) is 0 Å². The van der Waals surface area contributed by atoms with Gasteiger partial charge in [0.2, 0.25) is 0 Å². The van der Waals surface area contributed by atoms with E-state index in [0.29, 0.717) is 6.04 Å². The van der Waals surface area contributed by atoms with Gasteiger partial charge in [-0.3, -0.25) is 0 Å². The van der Waals surface area contributed by atoms with E-state index < -0.39 is 0 Å². The first kappa shape index (κ1) is 10.9. The number of rotatable bonds is 6. The molecule has 1 atom stereocenters. The summed E-state index contributed by atoms with van der Waals surface area (Å²) in [6.07, 6.45) is 3.78. The van der Waals surface area contributed by atoms with Crippen LogP contribution in [-0.4, -0.2) is 23.0 Å². The first-order valence-corrected chi connectivity index (χ1v) is 4.81. The van der Waals surface area contributed by atoms with Crippen LogP contribution >= 0.6 is 12.2 Å². The van der Waals surface area contributed by atoms with Gasteiger partial charge < -0.3 is 4.90 Å². The summed E-state index contributed by atoms with van der Waals surface area (Å²) in [6, 6.07) is 0.567. The largest absolute Gasteiger partial charge is 0.358 e. The molecular weight excluding hydrogens is 154 g/mol. The smallest absolute Gasteiger partial charge is 0.137 e. The molecule has 0 bridgehead atoms. The third kappa shape index (κ3) is 4.35. The number of unbranched alkanes of at least 4 members (excludes halogenated alkanes) is 1. The molecule has 0 aliphatic heterocycles. The van der Waals surface area contributed by atoms with Crippen LogP contribution in [0.5, 0.6) is 0 Å². The molecule has 0 N–H and O–H groups in total. The summed E-state index contributed by atoms with van der Waals surface area (Å²) in [5.74, 6) is 0. The lowest BCUT2D eigenvalue weighted by Crippen LogP contribution is -2.30. The molecule has 0 spiro atoms. The molecule has 0 fully saturated rings. The molecule has 0 aromatic carbocycles. The molecule has 0 aliphatic rings. The molecule has 0 saturated carbocycles. The van der Waals surface area contributed by atoms with Crippen LogP contribution < -0.4 is 0 Å². The van der Waals surface area contributed by atoms with Crippen LogP contribution in [0.2, 0.25) is 0 Å². The Morgan fingerprint density at radius 3 is 2.45 bits per heavy atom. The van der Waals surface area contributed by atoms with Gasteiger partial charge in [0.05, 0.1) is 0 Å². The normalized spacial score (nSPS) is 12.6. The first-order chi connectivity index (χ1) is 5.26. The minimum atomic E-state index is 0.567. The summed E-state index contributed by atoms with van der Waals surface area (Å²) in [7, 11) is 0. The van der Waals surface area contributed by atoms with E-state index in [9.17, 15) is 0 Å². The lowest BCUT2D eigenvalue weighted by molar-refractivity contribution is 0.335. The summed E-state index contributed by atoms with van der Waals surface area (Å²) in [5, 5.41) is 0. The van der Waals surface area contributed by atoms with Gasteiger partial charge in [0.15, 0.2) is 0 Å². The Labute approximate surface area is 75.8 Å². The fraction of sp³-hybridized carbons (Fsp3) is 0.889. The van der Waals surface area contributed by atoms with Crippen molar-refractivity contribution in [3.8, 4) is 0 Å². The molecule has 1 radical (unpaired) electrons. The van der Waals surface area contributed by atoms with E-state index in [1.807, 2.05) is 0 Å². The molecule has 2 heteroatoms. The van der Waals surface area contributed by atoms with Gasteiger partial charge in [-0.2, -0.15) is 0 Å². The van der Waals surface area contributed by atoms with Gasteiger partial charge in [-0.1, -0.05) is 32.0 Å². The minimum Gasteiger partial charge on any atom is -0.358 e. The molecule has 65 valence electrons. The van der Waals surface area contributed by atoms with Crippen molar-refractivity contribution in [2.24, 2.45) is 0 Å². The molecule has 0 aromatic rings. The molecule has 1 unspecified atom stereocenters. The fourth-order valence-corrected chi connectivity index (χ4v) is 1.43. The van der Waals surface area contributed by atoms with Crippen molar-refractivity contribution < 1.29 is 0 Å². The Hall–Kier alpha value is -0.110. The molecule has 0 amide bonds. The van der Waals surface area contributed by atoms with Crippen LogP contribution in [0, 0.1) is 0 Å². The summed E-state index contributed by atoms with van der Waals surface area (Å²) in [5.41, 5.74) is 2.78. The van der Waals surface area contributed by atoms with Gasteiger partial charge in [0, 0.05) is 12.6 Å². The van der Waals surface area contributed by atoms with Crippen molar-refractivity contribution >= 4 is 17.7 Å². The van der Waals surface area contributed by atoms with Crippen molar-refractivity contribution in [2.75, 3.05) is 6.54 Å².